The van der Waals surface area contributed by atoms with E-state index >= 15 is 0 Å². The van der Waals surface area contributed by atoms with Crippen LogP contribution in [0.4, 0.5) is 0 Å². The molecule has 0 saturated carbocycles. The Morgan fingerprint density at radius 1 is 1.50 bits per heavy atom. The van der Waals surface area contributed by atoms with E-state index in [1.807, 2.05) is 31.2 Å². The molecule has 0 spiro atoms. The molecule has 1 heterocycles. The number of hydrogen-bond donors (Lipinski definition) is 3. The molecule has 2 aromatic rings. The number of nitrogens with one attached hydrogen (secondary N) is 2. The lowest BCUT2D eigenvalue weighted by atomic mass is 10.2. The molecule has 1 unspecified atom stereocenters. The first-order valence-electron chi connectivity index (χ1n) is 5.80. The summed E-state index contributed by atoms with van der Waals surface area (Å²) in [5.41, 5.74) is 1.46. The second-order valence-electron chi connectivity index (χ2n) is 4.30. The zero-order chi connectivity index (χ0) is 13.1. The third-order valence-corrected chi connectivity index (χ3v) is 3.26. The second kappa shape index (κ2) is 5.54. The summed E-state index contributed by atoms with van der Waals surface area (Å²) in [6.07, 6.45) is 0.553. The van der Waals surface area contributed by atoms with Crippen LogP contribution in [0.3, 0.4) is 0 Å². The number of fused-ring (bicyclic) bond motifs is 1. The quantitative estimate of drug-likeness (QED) is 0.812. The van der Waals surface area contributed by atoms with Gasteiger partial charge in [-0.25, -0.2) is 0 Å². The van der Waals surface area contributed by atoms with E-state index < -0.39 is 0 Å². The standard InChI is InChI=1S/C13H15BrN2O2/c1-8(4-5-17)15-13(18)12-7-9-6-10(14)2-3-11(9)16-12/h2-3,6-8,16-17H,4-5H2,1H3,(H,15,18). The maximum absolute atomic E-state index is 11.9. The predicted octanol–water partition coefficient (Wildman–Crippen LogP) is 2.43. The van der Waals surface area contributed by atoms with Crippen LogP contribution in [0.15, 0.2) is 28.7 Å². The van der Waals surface area contributed by atoms with Gasteiger partial charge >= 0.3 is 0 Å². The number of aromatic amines is 1. The summed E-state index contributed by atoms with van der Waals surface area (Å²) in [7, 11) is 0. The number of aliphatic hydroxyl groups excluding tert-OH is 1. The number of aliphatic hydroxyl groups is 1. The van der Waals surface area contributed by atoms with Gasteiger partial charge in [0.2, 0.25) is 0 Å². The molecule has 2 rings (SSSR count). The van der Waals surface area contributed by atoms with Crippen molar-refractivity contribution in [3.05, 3.63) is 34.4 Å². The van der Waals surface area contributed by atoms with Gasteiger partial charge in [0.25, 0.3) is 5.91 Å². The number of rotatable bonds is 4. The van der Waals surface area contributed by atoms with Gasteiger partial charge in [-0.2, -0.15) is 0 Å². The second-order valence-corrected chi connectivity index (χ2v) is 5.22. The first-order valence-corrected chi connectivity index (χ1v) is 6.59. The molecule has 1 aromatic carbocycles. The monoisotopic (exact) mass is 310 g/mol. The molecule has 0 bridgehead atoms. The van der Waals surface area contributed by atoms with Crippen LogP contribution in [0.25, 0.3) is 10.9 Å². The molecule has 1 amide bonds. The summed E-state index contributed by atoms with van der Waals surface area (Å²) < 4.78 is 0.981. The molecule has 0 fully saturated rings. The van der Waals surface area contributed by atoms with E-state index in [9.17, 15) is 4.79 Å². The zero-order valence-corrected chi connectivity index (χ0v) is 11.6. The van der Waals surface area contributed by atoms with Gasteiger partial charge in [0.1, 0.15) is 5.69 Å². The minimum absolute atomic E-state index is 0.0411. The van der Waals surface area contributed by atoms with E-state index in [1.54, 1.807) is 0 Å². The van der Waals surface area contributed by atoms with Crippen LogP contribution in [0.2, 0.25) is 0 Å². The molecule has 1 aromatic heterocycles. The fourth-order valence-electron chi connectivity index (χ4n) is 1.79. The van der Waals surface area contributed by atoms with E-state index in [2.05, 4.69) is 26.2 Å². The number of carbonyl (C=O) groups excluding carboxylic acids is 1. The molecular formula is C13H15BrN2O2. The Bertz CT molecular complexity index is 565. The number of benzene rings is 1. The number of carbonyl (C=O) groups is 1. The van der Waals surface area contributed by atoms with Crippen molar-refractivity contribution in [1.29, 1.82) is 0 Å². The van der Waals surface area contributed by atoms with Crippen molar-refractivity contribution in [2.24, 2.45) is 0 Å². The van der Waals surface area contributed by atoms with E-state index in [4.69, 9.17) is 5.11 Å². The lowest BCUT2D eigenvalue weighted by Crippen LogP contribution is -2.33. The van der Waals surface area contributed by atoms with Crippen LogP contribution in [-0.4, -0.2) is 28.6 Å². The Kier molecular flexibility index (Phi) is 4.04. The van der Waals surface area contributed by atoms with Crippen LogP contribution in [-0.2, 0) is 0 Å². The van der Waals surface area contributed by atoms with Crippen LogP contribution >= 0.6 is 15.9 Å². The van der Waals surface area contributed by atoms with Crippen molar-refractivity contribution in [2.75, 3.05) is 6.61 Å². The predicted molar refractivity (Wildman–Crippen MR) is 74.6 cm³/mol. The van der Waals surface area contributed by atoms with Crippen molar-refractivity contribution in [3.8, 4) is 0 Å². The molecule has 3 N–H and O–H groups in total. The molecule has 18 heavy (non-hydrogen) atoms. The van der Waals surface area contributed by atoms with Gasteiger partial charge in [0.15, 0.2) is 0 Å². The fourth-order valence-corrected chi connectivity index (χ4v) is 2.17. The molecule has 1 atom stereocenters. The third kappa shape index (κ3) is 2.91. The van der Waals surface area contributed by atoms with Crippen molar-refractivity contribution < 1.29 is 9.90 Å². The number of H-pyrrole nitrogens is 1. The average Bonchev–Trinajstić information content (AvgIpc) is 2.72. The molecule has 0 aliphatic heterocycles. The van der Waals surface area contributed by atoms with Gasteiger partial charge in [-0.3, -0.25) is 4.79 Å². The molecule has 4 nitrogen and oxygen atoms in total. The molecule has 5 heteroatoms. The maximum Gasteiger partial charge on any atom is 0.267 e. The highest BCUT2D eigenvalue weighted by Gasteiger charge is 2.12. The lowest BCUT2D eigenvalue weighted by Gasteiger charge is -2.11. The van der Waals surface area contributed by atoms with Gasteiger partial charge in [-0.1, -0.05) is 15.9 Å². The Morgan fingerprint density at radius 3 is 3.00 bits per heavy atom. The Labute approximate surface area is 114 Å². The van der Waals surface area contributed by atoms with Crippen molar-refractivity contribution in [2.45, 2.75) is 19.4 Å². The third-order valence-electron chi connectivity index (χ3n) is 2.77. The highest BCUT2D eigenvalue weighted by molar-refractivity contribution is 9.10. The molecule has 0 radical (unpaired) electrons. The first-order chi connectivity index (χ1) is 8.60. The lowest BCUT2D eigenvalue weighted by molar-refractivity contribution is 0.0930. The molecule has 0 aliphatic rings. The minimum Gasteiger partial charge on any atom is -0.396 e. The molecule has 96 valence electrons. The first kappa shape index (κ1) is 13.1. The molecule has 0 saturated heterocycles. The topological polar surface area (TPSA) is 65.1 Å². The Morgan fingerprint density at radius 2 is 2.28 bits per heavy atom. The van der Waals surface area contributed by atoms with E-state index in [-0.39, 0.29) is 18.6 Å². The molecule has 0 aliphatic carbocycles. The van der Waals surface area contributed by atoms with Crippen LogP contribution in [0.1, 0.15) is 23.8 Å². The van der Waals surface area contributed by atoms with Crippen molar-refractivity contribution in [1.82, 2.24) is 10.3 Å². The SMILES string of the molecule is CC(CCO)NC(=O)c1cc2cc(Br)ccc2[nH]1. The van der Waals surface area contributed by atoms with Crippen LogP contribution < -0.4 is 5.32 Å². The fraction of sp³-hybridized carbons (Fsp3) is 0.308. The summed E-state index contributed by atoms with van der Waals surface area (Å²) in [6, 6.07) is 7.59. The van der Waals surface area contributed by atoms with E-state index in [1.165, 1.54) is 0 Å². The molecular weight excluding hydrogens is 296 g/mol. The van der Waals surface area contributed by atoms with Gasteiger partial charge < -0.3 is 15.4 Å². The highest BCUT2D eigenvalue weighted by atomic mass is 79.9. The summed E-state index contributed by atoms with van der Waals surface area (Å²) in [6.45, 7) is 1.94. The zero-order valence-electron chi connectivity index (χ0n) is 10.0. The smallest absolute Gasteiger partial charge is 0.267 e. The van der Waals surface area contributed by atoms with Crippen molar-refractivity contribution >= 4 is 32.7 Å². The number of aromatic nitrogens is 1. The van der Waals surface area contributed by atoms with Crippen molar-refractivity contribution in [3.63, 3.8) is 0 Å². The summed E-state index contributed by atoms with van der Waals surface area (Å²) in [4.78, 5) is 15.0. The largest absolute Gasteiger partial charge is 0.396 e. The van der Waals surface area contributed by atoms with Gasteiger partial charge in [-0.15, -0.1) is 0 Å². The van der Waals surface area contributed by atoms with E-state index in [0.717, 1.165) is 15.4 Å². The number of halogens is 1. The number of hydrogen-bond acceptors (Lipinski definition) is 2. The summed E-state index contributed by atoms with van der Waals surface area (Å²) >= 11 is 3.40. The van der Waals surface area contributed by atoms with E-state index in [0.29, 0.717) is 12.1 Å². The summed E-state index contributed by atoms with van der Waals surface area (Å²) in [5.74, 6) is -0.150. The summed E-state index contributed by atoms with van der Waals surface area (Å²) in [5, 5.41) is 12.6. The average molecular weight is 311 g/mol. The normalized spacial score (nSPS) is 12.6. The van der Waals surface area contributed by atoms with Crippen LogP contribution in [0.5, 0.6) is 0 Å². The van der Waals surface area contributed by atoms with Crippen LogP contribution in [0, 0.1) is 0 Å². The minimum atomic E-state index is -0.150. The highest BCUT2D eigenvalue weighted by Crippen LogP contribution is 2.20. The maximum atomic E-state index is 11.9. The Hall–Kier alpha value is -1.33. The van der Waals surface area contributed by atoms with Gasteiger partial charge in [-0.05, 0) is 37.6 Å². The Balaban J connectivity index is 2.18. The van der Waals surface area contributed by atoms with Gasteiger partial charge in [0.05, 0.1) is 0 Å². The van der Waals surface area contributed by atoms with Gasteiger partial charge in [0, 0.05) is 28.0 Å². The number of amides is 1.